The van der Waals surface area contributed by atoms with Crippen LogP contribution < -0.4 is 14.9 Å². The molecule has 1 heterocycles. The number of benzene rings is 1. The molecule has 2 aliphatic rings. The smallest absolute Gasteiger partial charge is 0.341 e. The van der Waals surface area contributed by atoms with Gasteiger partial charge in [-0.3, -0.25) is 4.79 Å². The molecule has 2 aromatic rings. The largest absolute Gasteiger partial charge is 0.489 e. The van der Waals surface area contributed by atoms with E-state index < -0.39 is 11.4 Å². The van der Waals surface area contributed by atoms with Gasteiger partial charge in [0.15, 0.2) is 11.5 Å². The van der Waals surface area contributed by atoms with E-state index in [0.717, 1.165) is 12.8 Å². The van der Waals surface area contributed by atoms with Crippen LogP contribution in [-0.2, 0) is 0 Å². The van der Waals surface area contributed by atoms with Gasteiger partial charge in [0.05, 0.1) is 24.1 Å². The van der Waals surface area contributed by atoms with E-state index in [1.54, 1.807) is 12.1 Å². The molecule has 1 aromatic carbocycles. The van der Waals surface area contributed by atoms with Crippen molar-refractivity contribution in [1.82, 2.24) is 4.98 Å². The number of carboxylic acid groups (broad SMARTS) is 1. The topological polar surface area (TPSA) is 88.6 Å². The first-order valence-electron chi connectivity index (χ1n) is 8.30. The molecule has 0 spiro atoms. The number of pyridine rings is 1. The molecule has 6 nitrogen and oxygen atoms in total. The SMILES string of the molecule is O=C(O)c1c[nH]c2cc(OCC3CC3)c(OCC3CC3)cc2c1=O. The van der Waals surface area contributed by atoms with Crippen LogP contribution in [0.4, 0.5) is 0 Å². The highest BCUT2D eigenvalue weighted by molar-refractivity contribution is 5.93. The van der Waals surface area contributed by atoms with Crippen molar-refractivity contribution in [3.8, 4) is 11.5 Å². The maximum atomic E-state index is 12.4. The fourth-order valence-electron chi connectivity index (χ4n) is 2.60. The highest BCUT2D eigenvalue weighted by Crippen LogP contribution is 2.36. The summed E-state index contributed by atoms with van der Waals surface area (Å²) in [5.41, 5.74) is -0.238. The van der Waals surface area contributed by atoms with Crippen molar-refractivity contribution < 1.29 is 19.4 Å². The standard InChI is InChI=1S/C18H19NO5/c20-17-12-5-15(23-8-10-1-2-10)16(24-9-11-3-4-11)6-14(12)19-7-13(17)18(21)22/h5-7,10-11H,1-4,8-9H2,(H,19,20)(H,21,22). The summed E-state index contributed by atoms with van der Waals surface area (Å²) in [7, 11) is 0. The number of carboxylic acids is 1. The van der Waals surface area contributed by atoms with Crippen molar-refractivity contribution in [3.63, 3.8) is 0 Å². The average molecular weight is 329 g/mol. The third kappa shape index (κ3) is 3.09. The molecule has 2 N–H and O–H groups in total. The summed E-state index contributed by atoms with van der Waals surface area (Å²) < 4.78 is 11.7. The van der Waals surface area contributed by atoms with Crippen molar-refractivity contribution >= 4 is 16.9 Å². The number of aromatic nitrogens is 1. The van der Waals surface area contributed by atoms with E-state index in [1.165, 1.54) is 19.0 Å². The predicted octanol–water partition coefficient (Wildman–Crippen LogP) is 2.80. The molecule has 24 heavy (non-hydrogen) atoms. The Kier molecular flexibility index (Phi) is 3.67. The first-order chi connectivity index (χ1) is 11.6. The maximum Gasteiger partial charge on any atom is 0.341 e. The molecular weight excluding hydrogens is 310 g/mol. The van der Waals surface area contributed by atoms with Gasteiger partial charge in [-0.25, -0.2) is 4.79 Å². The molecule has 0 unspecified atom stereocenters. The van der Waals surface area contributed by atoms with Gasteiger partial charge in [-0.15, -0.1) is 0 Å². The Bertz CT molecular complexity index is 848. The number of fused-ring (bicyclic) bond motifs is 1. The van der Waals surface area contributed by atoms with E-state index in [4.69, 9.17) is 14.6 Å². The maximum absolute atomic E-state index is 12.4. The fraction of sp³-hybridized carbons (Fsp3) is 0.444. The lowest BCUT2D eigenvalue weighted by Crippen LogP contribution is -2.15. The van der Waals surface area contributed by atoms with Crippen LogP contribution in [0.5, 0.6) is 11.5 Å². The molecule has 2 saturated carbocycles. The minimum Gasteiger partial charge on any atom is -0.489 e. The second-order valence-corrected chi connectivity index (χ2v) is 6.69. The van der Waals surface area contributed by atoms with Crippen LogP contribution in [0.2, 0.25) is 0 Å². The summed E-state index contributed by atoms with van der Waals surface area (Å²) in [6.07, 6.45) is 5.92. The monoisotopic (exact) mass is 329 g/mol. The number of hydrogen-bond donors (Lipinski definition) is 2. The number of aromatic carboxylic acids is 1. The van der Waals surface area contributed by atoms with E-state index in [0.29, 0.717) is 47.5 Å². The van der Waals surface area contributed by atoms with Gasteiger partial charge in [-0.2, -0.15) is 0 Å². The van der Waals surface area contributed by atoms with Crippen molar-refractivity contribution in [2.24, 2.45) is 11.8 Å². The highest BCUT2D eigenvalue weighted by Gasteiger charge is 2.25. The predicted molar refractivity (Wildman–Crippen MR) is 88.0 cm³/mol. The zero-order chi connectivity index (χ0) is 16.7. The Labute approximate surface area is 138 Å². The lowest BCUT2D eigenvalue weighted by Gasteiger charge is -2.14. The van der Waals surface area contributed by atoms with E-state index in [2.05, 4.69) is 4.98 Å². The molecule has 0 bridgehead atoms. The number of aromatic amines is 1. The van der Waals surface area contributed by atoms with Crippen molar-refractivity contribution in [2.75, 3.05) is 13.2 Å². The zero-order valence-corrected chi connectivity index (χ0v) is 13.2. The van der Waals surface area contributed by atoms with E-state index in [1.807, 2.05) is 0 Å². The first kappa shape index (κ1) is 15.1. The van der Waals surface area contributed by atoms with Gasteiger partial charge in [0, 0.05) is 12.3 Å². The van der Waals surface area contributed by atoms with Crippen LogP contribution in [0.15, 0.2) is 23.1 Å². The van der Waals surface area contributed by atoms with Gasteiger partial charge in [0.1, 0.15) is 5.56 Å². The van der Waals surface area contributed by atoms with Crippen LogP contribution in [-0.4, -0.2) is 29.3 Å². The Morgan fingerprint density at radius 3 is 2.21 bits per heavy atom. The van der Waals surface area contributed by atoms with Gasteiger partial charge < -0.3 is 19.6 Å². The van der Waals surface area contributed by atoms with E-state index in [9.17, 15) is 9.59 Å². The lowest BCUT2D eigenvalue weighted by atomic mass is 10.1. The molecule has 0 aliphatic heterocycles. The van der Waals surface area contributed by atoms with Gasteiger partial charge in [-0.1, -0.05) is 0 Å². The molecular formula is C18H19NO5. The van der Waals surface area contributed by atoms with Crippen molar-refractivity contribution in [1.29, 1.82) is 0 Å². The van der Waals surface area contributed by atoms with Crippen LogP contribution >= 0.6 is 0 Å². The Balaban J connectivity index is 1.72. The minimum absolute atomic E-state index is 0.276. The number of rotatable bonds is 7. The van der Waals surface area contributed by atoms with Gasteiger partial charge in [-0.05, 0) is 43.6 Å². The third-order valence-electron chi connectivity index (χ3n) is 4.52. The molecule has 6 heteroatoms. The summed E-state index contributed by atoms with van der Waals surface area (Å²) >= 11 is 0. The Hall–Kier alpha value is -2.50. The van der Waals surface area contributed by atoms with Gasteiger partial charge in [0.2, 0.25) is 5.43 Å². The fourth-order valence-corrected chi connectivity index (χ4v) is 2.60. The summed E-state index contributed by atoms with van der Waals surface area (Å²) in [4.78, 5) is 26.4. The molecule has 2 fully saturated rings. The second kappa shape index (κ2) is 5.85. The molecule has 0 saturated heterocycles. The summed E-state index contributed by atoms with van der Waals surface area (Å²) in [5, 5.41) is 9.41. The number of nitrogens with one attached hydrogen (secondary N) is 1. The lowest BCUT2D eigenvalue weighted by molar-refractivity contribution is 0.0695. The molecule has 126 valence electrons. The molecule has 4 rings (SSSR count). The van der Waals surface area contributed by atoms with Crippen molar-refractivity contribution in [2.45, 2.75) is 25.7 Å². The average Bonchev–Trinajstić information content (AvgIpc) is 3.45. The van der Waals surface area contributed by atoms with Crippen molar-refractivity contribution in [3.05, 3.63) is 34.1 Å². The number of carbonyl (C=O) groups is 1. The molecule has 1 aromatic heterocycles. The molecule has 0 radical (unpaired) electrons. The Morgan fingerprint density at radius 1 is 1.08 bits per heavy atom. The first-order valence-corrected chi connectivity index (χ1v) is 8.30. The minimum atomic E-state index is -1.24. The van der Waals surface area contributed by atoms with E-state index in [-0.39, 0.29) is 5.56 Å². The zero-order valence-electron chi connectivity index (χ0n) is 13.2. The van der Waals surface area contributed by atoms with E-state index >= 15 is 0 Å². The van der Waals surface area contributed by atoms with Gasteiger partial charge >= 0.3 is 5.97 Å². The number of hydrogen-bond acceptors (Lipinski definition) is 4. The molecule has 0 atom stereocenters. The Morgan fingerprint density at radius 2 is 1.67 bits per heavy atom. The summed E-state index contributed by atoms with van der Waals surface area (Å²) in [6, 6.07) is 3.33. The van der Waals surface area contributed by atoms with Crippen LogP contribution in [0.3, 0.4) is 0 Å². The summed E-state index contributed by atoms with van der Waals surface area (Å²) in [5.74, 6) is 1.05. The number of ether oxygens (including phenoxy) is 2. The molecule has 2 aliphatic carbocycles. The summed E-state index contributed by atoms with van der Waals surface area (Å²) in [6.45, 7) is 1.24. The van der Waals surface area contributed by atoms with Gasteiger partial charge in [0.25, 0.3) is 0 Å². The highest BCUT2D eigenvalue weighted by atomic mass is 16.5. The van der Waals surface area contributed by atoms with Crippen LogP contribution in [0.1, 0.15) is 36.0 Å². The quantitative estimate of drug-likeness (QED) is 0.815. The van der Waals surface area contributed by atoms with Crippen LogP contribution in [0, 0.1) is 11.8 Å². The third-order valence-corrected chi connectivity index (χ3v) is 4.52. The second-order valence-electron chi connectivity index (χ2n) is 6.69. The normalized spacial score (nSPS) is 17.0. The molecule has 0 amide bonds. The number of H-pyrrole nitrogens is 1. The van der Waals surface area contributed by atoms with Crippen LogP contribution in [0.25, 0.3) is 10.9 Å².